The highest BCUT2D eigenvalue weighted by Gasteiger charge is 2.00. The molecule has 0 saturated heterocycles. The Morgan fingerprint density at radius 3 is 2.57 bits per heavy atom. The van der Waals surface area contributed by atoms with E-state index in [0.29, 0.717) is 0 Å². The molecule has 0 aliphatic heterocycles. The van der Waals surface area contributed by atoms with Crippen molar-refractivity contribution in [3.63, 3.8) is 0 Å². The highest BCUT2D eigenvalue weighted by molar-refractivity contribution is 5.59. The van der Waals surface area contributed by atoms with E-state index in [2.05, 4.69) is 46.9 Å². The van der Waals surface area contributed by atoms with Crippen LogP contribution in [0.5, 0.6) is 0 Å². The van der Waals surface area contributed by atoms with Crippen LogP contribution in [0.25, 0.3) is 17.3 Å². The largest absolute Gasteiger partial charge is 0.393 e. The number of rotatable bonds is 8. The maximum Gasteiger partial charge on any atom is 0.0885 e. The van der Waals surface area contributed by atoms with Crippen molar-refractivity contribution >= 4 is 6.08 Å². The van der Waals surface area contributed by atoms with E-state index in [0.717, 1.165) is 42.6 Å². The molecule has 0 radical (unpaired) electrons. The molecule has 0 fully saturated rings. The van der Waals surface area contributed by atoms with Gasteiger partial charge in [0.05, 0.1) is 29.9 Å². The van der Waals surface area contributed by atoms with Gasteiger partial charge in [-0.05, 0) is 44.2 Å². The number of hydrogen-bond donors (Lipinski definition) is 1. The third kappa shape index (κ3) is 5.80. The smallest absolute Gasteiger partial charge is 0.0885 e. The van der Waals surface area contributed by atoms with Crippen molar-refractivity contribution in [3.05, 3.63) is 66.6 Å². The van der Waals surface area contributed by atoms with Crippen molar-refractivity contribution < 1.29 is 5.11 Å². The molecule has 1 aromatic carbocycles. The van der Waals surface area contributed by atoms with Crippen LogP contribution in [-0.4, -0.2) is 21.2 Å². The molecule has 0 amide bonds. The lowest BCUT2D eigenvalue weighted by Gasteiger charge is -2.03. The number of hydrogen-bond acceptors (Lipinski definition) is 3. The summed E-state index contributed by atoms with van der Waals surface area (Å²) in [6, 6.07) is 8.31. The summed E-state index contributed by atoms with van der Waals surface area (Å²) in [7, 11) is 0. The zero-order valence-corrected chi connectivity index (χ0v) is 13.7. The van der Waals surface area contributed by atoms with Gasteiger partial charge in [-0.15, -0.1) is 6.58 Å². The summed E-state index contributed by atoms with van der Waals surface area (Å²) in [5.74, 6) is 0. The average Bonchev–Trinajstić information content (AvgIpc) is 2.56. The van der Waals surface area contributed by atoms with Gasteiger partial charge in [-0.1, -0.05) is 36.4 Å². The highest BCUT2D eigenvalue weighted by atomic mass is 16.3. The molecule has 0 aliphatic carbocycles. The first-order valence-electron chi connectivity index (χ1n) is 8.06. The molecule has 1 aromatic heterocycles. The number of aliphatic hydroxyl groups is 1. The number of benzene rings is 1. The molecule has 2 rings (SSSR count). The van der Waals surface area contributed by atoms with Crippen LogP contribution >= 0.6 is 0 Å². The quantitative estimate of drug-likeness (QED) is 0.579. The molecular weight excluding hydrogens is 284 g/mol. The summed E-state index contributed by atoms with van der Waals surface area (Å²) in [6.45, 7) is 5.57. The molecule has 0 bridgehead atoms. The van der Waals surface area contributed by atoms with Gasteiger partial charge >= 0.3 is 0 Å². The Morgan fingerprint density at radius 2 is 1.96 bits per heavy atom. The van der Waals surface area contributed by atoms with Crippen LogP contribution in [0.3, 0.4) is 0 Å². The Hall–Kier alpha value is -2.26. The Balaban J connectivity index is 1.93. The second-order valence-electron chi connectivity index (χ2n) is 5.70. The van der Waals surface area contributed by atoms with Gasteiger partial charge in [-0.25, -0.2) is 0 Å². The summed E-state index contributed by atoms with van der Waals surface area (Å²) in [5, 5.41) is 9.20. The molecule has 1 unspecified atom stereocenters. The minimum absolute atomic E-state index is 0.222. The molecule has 1 N–H and O–H groups in total. The third-order valence-corrected chi connectivity index (χ3v) is 3.58. The van der Waals surface area contributed by atoms with Gasteiger partial charge in [0.25, 0.3) is 0 Å². The molecule has 3 heteroatoms. The first-order chi connectivity index (χ1) is 11.2. The van der Waals surface area contributed by atoms with E-state index in [-0.39, 0.29) is 6.10 Å². The second kappa shape index (κ2) is 9.01. The van der Waals surface area contributed by atoms with Gasteiger partial charge in [0.2, 0.25) is 0 Å². The van der Waals surface area contributed by atoms with E-state index in [9.17, 15) is 5.11 Å². The molecule has 3 nitrogen and oxygen atoms in total. The van der Waals surface area contributed by atoms with E-state index in [1.54, 1.807) is 12.4 Å². The highest BCUT2D eigenvalue weighted by Crippen LogP contribution is 2.17. The number of nitrogens with zero attached hydrogens (tertiary/aromatic N) is 2. The second-order valence-corrected chi connectivity index (χ2v) is 5.70. The van der Waals surface area contributed by atoms with E-state index in [1.165, 1.54) is 5.56 Å². The van der Waals surface area contributed by atoms with Crippen molar-refractivity contribution in [1.82, 2.24) is 9.97 Å². The van der Waals surface area contributed by atoms with Crippen LogP contribution in [0.1, 0.15) is 37.4 Å². The average molecular weight is 308 g/mol. The first-order valence-corrected chi connectivity index (χ1v) is 8.06. The molecule has 0 saturated carbocycles. The molecular formula is C20H24N2O. The molecule has 120 valence electrons. The molecule has 23 heavy (non-hydrogen) atoms. The van der Waals surface area contributed by atoms with Crippen LogP contribution in [0, 0.1) is 0 Å². The number of allylic oxidation sites excluding steroid dienone is 2. The lowest BCUT2D eigenvalue weighted by Crippen LogP contribution is -1.97. The lowest BCUT2D eigenvalue weighted by atomic mass is 10.1. The molecule has 2 aromatic rings. The minimum atomic E-state index is -0.222. The van der Waals surface area contributed by atoms with Crippen molar-refractivity contribution in [3.8, 4) is 11.3 Å². The van der Waals surface area contributed by atoms with Crippen LogP contribution in [0.2, 0.25) is 0 Å². The zero-order valence-electron chi connectivity index (χ0n) is 13.7. The van der Waals surface area contributed by atoms with E-state index in [1.807, 2.05) is 19.1 Å². The maximum atomic E-state index is 9.20. The molecule has 1 heterocycles. The summed E-state index contributed by atoms with van der Waals surface area (Å²) >= 11 is 0. The number of aromatic nitrogens is 2. The third-order valence-electron chi connectivity index (χ3n) is 3.58. The van der Waals surface area contributed by atoms with Crippen LogP contribution in [0.15, 0.2) is 55.4 Å². The van der Waals surface area contributed by atoms with Crippen LogP contribution in [0.4, 0.5) is 0 Å². The number of unbranched alkanes of at least 4 members (excludes halogenated alkanes) is 1. The summed E-state index contributed by atoms with van der Waals surface area (Å²) in [5.41, 5.74) is 4.04. The van der Waals surface area contributed by atoms with E-state index >= 15 is 0 Å². The Kier molecular flexibility index (Phi) is 6.70. The molecule has 0 aliphatic rings. The van der Waals surface area contributed by atoms with Crippen molar-refractivity contribution in [2.24, 2.45) is 0 Å². The van der Waals surface area contributed by atoms with Crippen molar-refractivity contribution in [2.45, 2.75) is 38.7 Å². The zero-order chi connectivity index (χ0) is 16.5. The van der Waals surface area contributed by atoms with E-state index in [4.69, 9.17) is 0 Å². The molecule has 0 spiro atoms. The standard InChI is InChI=1S/C20H24N2O/c1-3-7-17-10-12-18(13-11-17)20-15-21-19(14-22-20)9-6-4-5-8-16(2)23/h3,6,9-16,23H,1,4-5,7-8H2,2H3/b9-6+. The van der Waals surface area contributed by atoms with Gasteiger partial charge < -0.3 is 5.11 Å². The van der Waals surface area contributed by atoms with Gasteiger partial charge in [0.1, 0.15) is 0 Å². The van der Waals surface area contributed by atoms with Crippen LogP contribution < -0.4 is 0 Å². The van der Waals surface area contributed by atoms with Crippen molar-refractivity contribution in [1.29, 1.82) is 0 Å². The summed E-state index contributed by atoms with van der Waals surface area (Å²) in [4.78, 5) is 8.91. The van der Waals surface area contributed by atoms with Crippen LogP contribution in [-0.2, 0) is 6.42 Å². The van der Waals surface area contributed by atoms with Gasteiger partial charge in [-0.2, -0.15) is 0 Å². The monoisotopic (exact) mass is 308 g/mol. The Labute approximate surface area is 138 Å². The fraction of sp³-hybridized carbons (Fsp3) is 0.300. The molecule has 1 atom stereocenters. The topological polar surface area (TPSA) is 46.0 Å². The maximum absolute atomic E-state index is 9.20. The normalized spacial score (nSPS) is 12.4. The lowest BCUT2D eigenvalue weighted by molar-refractivity contribution is 0.182. The minimum Gasteiger partial charge on any atom is -0.393 e. The fourth-order valence-electron chi connectivity index (χ4n) is 2.29. The van der Waals surface area contributed by atoms with Gasteiger partial charge in [-0.3, -0.25) is 9.97 Å². The van der Waals surface area contributed by atoms with E-state index < -0.39 is 0 Å². The fourth-order valence-corrected chi connectivity index (χ4v) is 2.29. The summed E-state index contributed by atoms with van der Waals surface area (Å²) < 4.78 is 0. The van der Waals surface area contributed by atoms with Gasteiger partial charge in [0.15, 0.2) is 0 Å². The Bertz CT molecular complexity index is 628. The predicted octanol–water partition coefficient (Wildman–Crippen LogP) is 4.44. The SMILES string of the molecule is C=CCc1ccc(-c2cnc(/C=C/CCCC(C)O)cn2)cc1. The number of aliphatic hydroxyl groups excluding tert-OH is 1. The van der Waals surface area contributed by atoms with Gasteiger partial charge in [0, 0.05) is 5.56 Å². The Morgan fingerprint density at radius 1 is 1.17 bits per heavy atom. The first kappa shape index (κ1) is 17.1. The summed E-state index contributed by atoms with van der Waals surface area (Å²) in [6.07, 6.45) is 13.0. The van der Waals surface area contributed by atoms with Crippen molar-refractivity contribution in [2.75, 3.05) is 0 Å². The predicted molar refractivity (Wildman–Crippen MR) is 95.9 cm³/mol.